The number of rotatable bonds is 7. The Kier molecular flexibility index (Phi) is 7.52. The second-order valence-electron chi connectivity index (χ2n) is 8.98. The van der Waals surface area contributed by atoms with Crippen molar-refractivity contribution in [1.82, 2.24) is 20.4 Å². The van der Waals surface area contributed by atoms with Crippen LogP contribution < -0.4 is 24.5 Å². The number of nitrogens with zero attached hydrogens (tertiary/aromatic N) is 4. The summed E-state index contributed by atoms with van der Waals surface area (Å²) < 4.78 is 30.5. The molecule has 2 aliphatic rings. The minimum absolute atomic E-state index is 0.00736. The lowest BCUT2D eigenvalue weighted by Gasteiger charge is -2.21. The highest BCUT2D eigenvalue weighted by atomic mass is 19.1. The van der Waals surface area contributed by atoms with Gasteiger partial charge in [-0.15, -0.1) is 0 Å². The smallest absolute Gasteiger partial charge is 0.431 e. The van der Waals surface area contributed by atoms with Crippen molar-refractivity contribution < 1.29 is 28.2 Å². The Bertz CT molecular complexity index is 1340. The molecule has 0 radical (unpaired) electrons. The molecular formula is C27H28FN5O5. The van der Waals surface area contributed by atoms with E-state index in [1.165, 1.54) is 36.0 Å². The summed E-state index contributed by atoms with van der Waals surface area (Å²) in [6, 6.07) is 12.4. The number of benzene rings is 2. The van der Waals surface area contributed by atoms with E-state index in [1.807, 2.05) is 23.1 Å². The van der Waals surface area contributed by atoms with E-state index in [-0.39, 0.29) is 29.9 Å². The van der Waals surface area contributed by atoms with Gasteiger partial charge in [-0.3, -0.25) is 9.80 Å². The Labute approximate surface area is 219 Å². The van der Waals surface area contributed by atoms with E-state index in [2.05, 4.69) is 21.5 Å². The van der Waals surface area contributed by atoms with Crippen LogP contribution in [0.5, 0.6) is 17.4 Å². The Hall–Kier alpha value is -4.41. The highest BCUT2D eigenvalue weighted by Gasteiger charge is 2.25. The van der Waals surface area contributed by atoms with Crippen molar-refractivity contribution in [2.75, 3.05) is 25.1 Å². The van der Waals surface area contributed by atoms with Gasteiger partial charge in [-0.25, -0.2) is 19.6 Å². The molecule has 10 nitrogen and oxygen atoms in total. The maximum Gasteiger partial charge on any atom is 0.431 e. The predicted molar refractivity (Wildman–Crippen MR) is 136 cm³/mol. The van der Waals surface area contributed by atoms with E-state index in [1.54, 1.807) is 6.07 Å². The number of aromatic nitrogens is 2. The second kappa shape index (κ2) is 11.3. The summed E-state index contributed by atoms with van der Waals surface area (Å²) in [7, 11) is 1.39. The van der Waals surface area contributed by atoms with Crippen LogP contribution >= 0.6 is 0 Å². The van der Waals surface area contributed by atoms with Gasteiger partial charge in [0, 0.05) is 25.2 Å². The van der Waals surface area contributed by atoms with Crippen LogP contribution in [0.15, 0.2) is 48.7 Å². The number of amides is 2. The maximum atomic E-state index is 14.2. The maximum absolute atomic E-state index is 14.2. The fourth-order valence-electron chi connectivity index (χ4n) is 4.48. The summed E-state index contributed by atoms with van der Waals surface area (Å²) >= 11 is 0. The first kappa shape index (κ1) is 25.2. The van der Waals surface area contributed by atoms with E-state index < -0.39 is 11.9 Å². The third-order valence-corrected chi connectivity index (χ3v) is 6.43. The van der Waals surface area contributed by atoms with Gasteiger partial charge in [0.15, 0.2) is 11.6 Å². The number of carbonyl (C=O) groups is 2. The molecule has 3 aromatic rings. The van der Waals surface area contributed by atoms with Crippen LogP contribution in [-0.2, 0) is 17.8 Å². The molecule has 0 spiro atoms. The molecule has 0 unspecified atom stereocenters. The van der Waals surface area contributed by atoms with Crippen LogP contribution in [0.3, 0.4) is 0 Å². The highest BCUT2D eigenvalue weighted by molar-refractivity contribution is 5.80. The zero-order valence-electron chi connectivity index (χ0n) is 21.0. The van der Waals surface area contributed by atoms with E-state index in [9.17, 15) is 14.0 Å². The van der Waals surface area contributed by atoms with Crippen LogP contribution in [-0.4, -0.2) is 47.2 Å². The fourth-order valence-corrected chi connectivity index (χ4v) is 4.48. The Balaban J connectivity index is 1.37. The van der Waals surface area contributed by atoms with Crippen molar-refractivity contribution in [3.63, 3.8) is 0 Å². The van der Waals surface area contributed by atoms with Crippen molar-refractivity contribution in [3.8, 4) is 17.4 Å². The molecule has 2 amide bonds. The van der Waals surface area contributed by atoms with Gasteiger partial charge in [0.05, 0.1) is 13.3 Å². The Morgan fingerprint density at radius 2 is 1.95 bits per heavy atom. The molecule has 3 heterocycles. The van der Waals surface area contributed by atoms with Gasteiger partial charge in [0.25, 0.3) is 5.88 Å². The monoisotopic (exact) mass is 521 g/mol. The molecule has 2 aromatic carbocycles. The molecule has 0 saturated carbocycles. The largest absolute Gasteiger partial charge is 0.494 e. The summed E-state index contributed by atoms with van der Waals surface area (Å²) in [4.78, 5) is 35.8. The van der Waals surface area contributed by atoms with Crippen molar-refractivity contribution in [2.45, 2.75) is 38.7 Å². The first-order valence-electron chi connectivity index (χ1n) is 12.5. The number of halogens is 1. The minimum Gasteiger partial charge on any atom is -0.494 e. The molecule has 2 aliphatic heterocycles. The highest BCUT2D eigenvalue weighted by Crippen LogP contribution is 2.35. The van der Waals surface area contributed by atoms with Crippen molar-refractivity contribution in [1.29, 1.82) is 0 Å². The molecule has 1 fully saturated rings. The van der Waals surface area contributed by atoms with E-state index in [4.69, 9.17) is 14.2 Å². The molecule has 11 heteroatoms. The molecule has 5 rings (SSSR count). The summed E-state index contributed by atoms with van der Waals surface area (Å²) in [6.45, 7) is 1.04. The number of hydrogen-bond donors (Lipinski definition) is 1. The third-order valence-electron chi connectivity index (χ3n) is 6.43. The molecule has 0 bridgehead atoms. The quantitative estimate of drug-likeness (QED) is 0.491. The summed E-state index contributed by atoms with van der Waals surface area (Å²) in [5, 5.41) is 1.27. The number of anilines is 2. The second-order valence-corrected chi connectivity index (χ2v) is 8.98. The Morgan fingerprint density at radius 1 is 1.08 bits per heavy atom. The molecular weight excluding hydrogens is 493 g/mol. The molecule has 1 aromatic heterocycles. The Morgan fingerprint density at radius 3 is 2.79 bits per heavy atom. The number of methoxy groups -OCH3 is 1. The first-order chi connectivity index (χ1) is 18.5. The topological polar surface area (TPSA) is 106 Å². The fraction of sp³-hybridized carbons (Fsp3) is 0.333. The number of hydrazine groups is 1. The number of nitrogens with one attached hydrogen (secondary N) is 1. The van der Waals surface area contributed by atoms with Gasteiger partial charge in [0.2, 0.25) is 17.6 Å². The van der Waals surface area contributed by atoms with Gasteiger partial charge < -0.3 is 19.1 Å². The zero-order chi connectivity index (χ0) is 26.5. The van der Waals surface area contributed by atoms with Crippen molar-refractivity contribution >= 4 is 23.6 Å². The summed E-state index contributed by atoms with van der Waals surface area (Å²) in [6.07, 6.45) is 4.19. The number of para-hydroxylation sites is 1. The third kappa shape index (κ3) is 5.61. The average Bonchev–Trinajstić information content (AvgIpc) is 3.25. The lowest BCUT2D eigenvalue weighted by Crippen LogP contribution is -2.47. The number of fused-ring (bicyclic) bond motifs is 1. The van der Waals surface area contributed by atoms with E-state index >= 15 is 0 Å². The van der Waals surface area contributed by atoms with Gasteiger partial charge in [0.1, 0.15) is 6.61 Å². The number of ether oxygens (including phenoxy) is 3. The number of carbonyl (C=O) groups excluding carboxylic acids is 2. The summed E-state index contributed by atoms with van der Waals surface area (Å²) in [5.74, 6) is -0.223. The SMILES string of the molecule is COc1ccc(COc2nc(N3CCc4ccccc43)ncc2OC(=O)NN2CCCCCC2=O)cc1F. The van der Waals surface area contributed by atoms with Crippen LogP contribution in [0.1, 0.15) is 36.8 Å². The van der Waals surface area contributed by atoms with Gasteiger partial charge in [-0.05, 0) is 48.6 Å². The molecule has 1 saturated heterocycles. The lowest BCUT2D eigenvalue weighted by atomic mass is 10.2. The standard InChI is InChI=1S/C27H28FN5O5/c1-36-22-11-10-18(15-20(22)28)17-37-25-23(38-27(35)31-33-13-6-2-3-9-24(33)34)16-29-26(30-25)32-14-12-19-7-4-5-8-21(19)32/h4-5,7-8,10-11,15-16H,2-3,6,9,12-14,17H2,1H3,(H,31,35). The molecule has 0 atom stereocenters. The van der Waals surface area contributed by atoms with E-state index in [0.29, 0.717) is 31.0 Å². The first-order valence-corrected chi connectivity index (χ1v) is 12.5. The minimum atomic E-state index is -0.858. The molecule has 1 N–H and O–H groups in total. The molecule has 198 valence electrons. The normalized spacial score (nSPS) is 15.1. The van der Waals surface area contributed by atoms with Gasteiger partial charge >= 0.3 is 6.09 Å². The van der Waals surface area contributed by atoms with Crippen LogP contribution in [0, 0.1) is 5.82 Å². The van der Waals surface area contributed by atoms with Crippen LogP contribution in [0.25, 0.3) is 0 Å². The van der Waals surface area contributed by atoms with Gasteiger partial charge in [-0.1, -0.05) is 30.7 Å². The van der Waals surface area contributed by atoms with Crippen LogP contribution in [0.4, 0.5) is 20.8 Å². The van der Waals surface area contributed by atoms with Crippen molar-refractivity contribution in [2.24, 2.45) is 0 Å². The zero-order valence-corrected chi connectivity index (χ0v) is 21.0. The lowest BCUT2D eigenvalue weighted by molar-refractivity contribution is -0.133. The van der Waals surface area contributed by atoms with Crippen LogP contribution in [0.2, 0.25) is 0 Å². The number of hydrogen-bond acceptors (Lipinski definition) is 8. The van der Waals surface area contributed by atoms with Gasteiger partial charge in [-0.2, -0.15) is 4.98 Å². The van der Waals surface area contributed by atoms with Crippen molar-refractivity contribution in [3.05, 3.63) is 65.6 Å². The molecule has 0 aliphatic carbocycles. The predicted octanol–water partition coefficient (Wildman–Crippen LogP) is 4.30. The summed E-state index contributed by atoms with van der Waals surface area (Å²) in [5.41, 5.74) is 5.19. The van der Waals surface area contributed by atoms with E-state index in [0.717, 1.165) is 31.4 Å². The molecule has 38 heavy (non-hydrogen) atoms. The average molecular weight is 522 g/mol.